The van der Waals surface area contributed by atoms with E-state index in [1.54, 1.807) is 0 Å². The highest BCUT2D eigenvalue weighted by Crippen LogP contribution is 2.35. The van der Waals surface area contributed by atoms with E-state index in [1.165, 1.54) is 30.4 Å². The third-order valence-electron chi connectivity index (χ3n) is 4.15. The van der Waals surface area contributed by atoms with E-state index < -0.39 is 0 Å². The molecule has 0 aromatic heterocycles. The first-order valence-corrected chi connectivity index (χ1v) is 7.46. The fraction of sp³-hybridized carbons (Fsp3) is 0.625. The van der Waals surface area contributed by atoms with Crippen LogP contribution >= 0.6 is 0 Å². The Balaban J connectivity index is 1.80. The van der Waals surface area contributed by atoms with Crippen molar-refractivity contribution in [1.29, 1.82) is 0 Å². The van der Waals surface area contributed by atoms with Crippen molar-refractivity contribution in [2.24, 2.45) is 0 Å². The summed E-state index contributed by atoms with van der Waals surface area (Å²) in [5, 5.41) is 3.62. The summed E-state index contributed by atoms with van der Waals surface area (Å²) in [7, 11) is 0. The molecule has 2 aliphatic heterocycles. The maximum absolute atomic E-state index is 5.86. The highest BCUT2D eigenvalue weighted by atomic mass is 16.5. The second-order valence-corrected chi connectivity index (χ2v) is 5.58. The Hall–Kier alpha value is -1.22. The van der Waals surface area contributed by atoms with Crippen molar-refractivity contribution in [3.05, 3.63) is 23.3 Å². The number of hydrogen-bond acceptors (Lipinski definition) is 3. The molecule has 0 bridgehead atoms. The van der Waals surface area contributed by atoms with Crippen LogP contribution in [0, 0.1) is 6.92 Å². The molecule has 1 saturated heterocycles. The summed E-state index contributed by atoms with van der Waals surface area (Å²) in [5.74, 6) is 1.88. The van der Waals surface area contributed by atoms with Crippen LogP contribution in [0.2, 0.25) is 0 Å². The fourth-order valence-corrected chi connectivity index (χ4v) is 3.00. The number of fused-ring (bicyclic) bond motifs is 1. The number of piperidine rings is 1. The van der Waals surface area contributed by atoms with Gasteiger partial charge in [-0.05, 0) is 49.9 Å². The van der Waals surface area contributed by atoms with Crippen molar-refractivity contribution in [2.45, 2.75) is 45.1 Å². The molecule has 3 nitrogen and oxygen atoms in total. The van der Waals surface area contributed by atoms with E-state index in [-0.39, 0.29) is 0 Å². The first-order chi connectivity index (χ1) is 9.34. The summed E-state index contributed by atoms with van der Waals surface area (Å²) >= 11 is 0. The third-order valence-corrected chi connectivity index (χ3v) is 4.15. The van der Waals surface area contributed by atoms with Crippen LogP contribution in [0.3, 0.4) is 0 Å². The smallest absolute Gasteiger partial charge is 0.164 e. The lowest BCUT2D eigenvalue weighted by molar-refractivity contribution is 0.296. The molecule has 19 heavy (non-hydrogen) atoms. The van der Waals surface area contributed by atoms with Crippen molar-refractivity contribution in [2.75, 3.05) is 19.8 Å². The number of hydrogen-bond donors (Lipinski definition) is 1. The van der Waals surface area contributed by atoms with Gasteiger partial charge < -0.3 is 14.8 Å². The summed E-state index contributed by atoms with van der Waals surface area (Å²) in [6, 6.07) is 4.91. The largest absolute Gasteiger partial charge is 0.490 e. The number of benzene rings is 1. The lowest BCUT2D eigenvalue weighted by Crippen LogP contribution is -2.35. The van der Waals surface area contributed by atoms with Gasteiger partial charge in [0.1, 0.15) is 0 Å². The van der Waals surface area contributed by atoms with E-state index >= 15 is 0 Å². The summed E-state index contributed by atoms with van der Waals surface area (Å²) in [6.07, 6.45) is 6.02. The molecule has 0 amide bonds. The Labute approximate surface area is 115 Å². The summed E-state index contributed by atoms with van der Waals surface area (Å²) in [4.78, 5) is 0. The van der Waals surface area contributed by atoms with Gasteiger partial charge in [-0.25, -0.2) is 0 Å². The molecule has 3 rings (SSSR count). The molecule has 1 atom stereocenters. The molecule has 2 heterocycles. The Bertz CT molecular complexity index is 439. The molecule has 3 heteroatoms. The number of rotatable bonds is 2. The van der Waals surface area contributed by atoms with E-state index in [0.29, 0.717) is 6.04 Å². The lowest BCUT2D eigenvalue weighted by atomic mass is 9.95. The van der Waals surface area contributed by atoms with Gasteiger partial charge in [-0.2, -0.15) is 0 Å². The van der Waals surface area contributed by atoms with Crippen LogP contribution in [0.15, 0.2) is 12.1 Å². The van der Waals surface area contributed by atoms with Gasteiger partial charge in [0, 0.05) is 12.5 Å². The molecule has 2 aliphatic rings. The maximum atomic E-state index is 5.86. The van der Waals surface area contributed by atoms with Crippen LogP contribution in [0.1, 0.15) is 36.8 Å². The zero-order chi connectivity index (χ0) is 13.1. The van der Waals surface area contributed by atoms with Gasteiger partial charge in [0.25, 0.3) is 0 Å². The molecule has 1 aromatic rings. The SMILES string of the molecule is Cc1c(CC2CCCCN2)ccc2c1OCCCO2. The Morgan fingerprint density at radius 2 is 2.05 bits per heavy atom. The van der Waals surface area contributed by atoms with Crippen LogP contribution in [0.5, 0.6) is 11.5 Å². The summed E-state index contributed by atoms with van der Waals surface area (Å²) in [6.45, 7) is 4.84. The average molecular weight is 261 g/mol. The predicted octanol–water partition coefficient (Wildman–Crippen LogP) is 2.84. The van der Waals surface area contributed by atoms with Gasteiger partial charge in [-0.3, -0.25) is 0 Å². The quantitative estimate of drug-likeness (QED) is 0.888. The zero-order valence-corrected chi connectivity index (χ0v) is 11.7. The number of nitrogens with one attached hydrogen (secondary N) is 1. The maximum Gasteiger partial charge on any atom is 0.164 e. The van der Waals surface area contributed by atoms with Crippen molar-refractivity contribution in [1.82, 2.24) is 5.32 Å². The van der Waals surface area contributed by atoms with Crippen molar-refractivity contribution in [3.8, 4) is 11.5 Å². The van der Waals surface area contributed by atoms with Gasteiger partial charge in [-0.15, -0.1) is 0 Å². The molecule has 0 radical (unpaired) electrons. The minimum Gasteiger partial charge on any atom is -0.490 e. The minimum absolute atomic E-state index is 0.622. The van der Waals surface area contributed by atoms with Crippen molar-refractivity contribution < 1.29 is 9.47 Å². The average Bonchev–Trinajstić information content (AvgIpc) is 2.69. The van der Waals surface area contributed by atoms with E-state index in [4.69, 9.17) is 9.47 Å². The van der Waals surface area contributed by atoms with Gasteiger partial charge in [0.05, 0.1) is 13.2 Å². The lowest BCUT2D eigenvalue weighted by Gasteiger charge is -2.24. The zero-order valence-electron chi connectivity index (χ0n) is 11.7. The molecular weight excluding hydrogens is 238 g/mol. The number of ether oxygens (including phenoxy) is 2. The molecule has 1 aromatic carbocycles. The highest BCUT2D eigenvalue weighted by Gasteiger charge is 2.19. The monoisotopic (exact) mass is 261 g/mol. The molecular formula is C16H23NO2. The van der Waals surface area contributed by atoms with Gasteiger partial charge >= 0.3 is 0 Å². The summed E-state index contributed by atoms with van der Waals surface area (Å²) in [5.41, 5.74) is 2.65. The highest BCUT2D eigenvalue weighted by molar-refractivity contribution is 5.50. The minimum atomic E-state index is 0.622. The molecule has 0 spiro atoms. The van der Waals surface area contributed by atoms with E-state index in [1.807, 2.05) is 0 Å². The van der Waals surface area contributed by atoms with E-state index in [0.717, 1.165) is 44.1 Å². The Kier molecular flexibility index (Phi) is 3.92. The second-order valence-electron chi connectivity index (χ2n) is 5.58. The summed E-state index contributed by atoms with van der Waals surface area (Å²) < 4.78 is 11.6. The fourth-order valence-electron chi connectivity index (χ4n) is 3.00. The molecule has 1 fully saturated rings. The van der Waals surface area contributed by atoms with Crippen LogP contribution in [0.4, 0.5) is 0 Å². The topological polar surface area (TPSA) is 30.5 Å². The first-order valence-electron chi connectivity index (χ1n) is 7.46. The van der Waals surface area contributed by atoms with Gasteiger partial charge in [-0.1, -0.05) is 12.5 Å². The second kappa shape index (κ2) is 5.83. The standard InChI is InChI=1S/C16H23NO2/c1-12-13(11-14-5-2-3-8-17-14)6-7-15-16(12)19-10-4-9-18-15/h6-7,14,17H,2-5,8-11H2,1H3. The molecule has 1 N–H and O–H groups in total. The van der Waals surface area contributed by atoms with Gasteiger partial charge in [0.15, 0.2) is 11.5 Å². The Morgan fingerprint density at radius 1 is 1.16 bits per heavy atom. The van der Waals surface area contributed by atoms with Crippen LogP contribution in [0.25, 0.3) is 0 Å². The third kappa shape index (κ3) is 2.86. The van der Waals surface area contributed by atoms with Gasteiger partial charge in [0.2, 0.25) is 0 Å². The molecule has 104 valence electrons. The van der Waals surface area contributed by atoms with Crippen molar-refractivity contribution in [3.63, 3.8) is 0 Å². The van der Waals surface area contributed by atoms with Crippen LogP contribution in [-0.4, -0.2) is 25.8 Å². The molecule has 0 aliphatic carbocycles. The van der Waals surface area contributed by atoms with E-state index in [2.05, 4.69) is 24.4 Å². The van der Waals surface area contributed by atoms with Crippen LogP contribution < -0.4 is 14.8 Å². The molecule has 1 unspecified atom stereocenters. The first kappa shape index (κ1) is 12.8. The molecule has 0 saturated carbocycles. The van der Waals surface area contributed by atoms with E-state index in [9.17, 15) is 0 Å². The normalized spacial score (nSPS) is 22.9. The Morgan fingerprint density at radius 3 is 2.89 bits per heavy atom. The van der Waals surface area contributed by atoms with Crippen LogP contribution in [-0.2, 0) is 6.42 Å². The predicted molar refractivity (Wildman–Crippen MR) is 76.1 cm³/mol. The van der Waals surface area contributed by atoms with Crippen molar-refractivity contribution >= 4 is 0 Å².